The first kappa shape index (κ1) is 24.2. The number of hydrogen-bond donors (Lipinski definition) is 2. The molecule has 0 unspecified atom stereocenters. The molecule has 0 bridgehead atoms. The van der Waals surface area contributed by atoms with Gasteiger partial charge in [0.1, 0.15) is 12.4 Å². The predicted octanol–water partition coefficient (Wildman–Crippen LogP) is 3.29. The van der Waals surface area contributed by atoms with E-state index in [2.05, 4.69) is 45.4 Å². The number of ether oxygens (including phenoxy) is 1. The SMILES string of the molecule is CCN(CC)CCOc1ccccc1CNC(=NC)NCc1ccccn1.I. The van der Waals surface area contributed by atoms with E-state index in [1.54, 1.807) is 13.2 Å². The Bertz CT molecular complexity index is 692. The number of aliphatic imine (C=N–C) groups is 1. The number of hydrogen-bond acceptors (Lipinski definition) is 4. The van der Waals surface area contributed by atoms with Crippen LogP contribution in [0.25, 0.3) is 0 Å². The third kappa shape index (κ3) is 8.43. The molecule has 0 atom stereocenters. The zero-order valence-electron chi connectivity index (χ0n) is 17.0. The van der Waals surface area contributed by atoms with Crippen molar-refractivity contribution in [1.29, 1.82) is 0 Å². The van der Waals surface area contributed by atoms with Gasteiger partial charge in [-0.1, -0.05) is 38.1 Å². The maximum Gasteiger partial charge on any atom is 0.191 e. The van der Waals surface area contributed by atoms with E-state index < -0.39 is 0 Å². The molecular formula is C21H32IN5O. The van der Waals surface area contributed by atoms with Crippen LogP contribution < -0.4 is 15.4 Å². The Morgan fingerprint density at radius 1 is 1.04 bits per heavy atom. The quantitative estimate of drug-likeness (QED) is 0.300. The molecule has 0 aliphatic rings. The van der Waals surface area contributed by atoms with Crippen molar-refractivity contribution in [3.8, 4) is 5.75 Å². The number of guanidine groups is 1. The Kier molecular flexibility index (Phi) is 12.2. The van der Waals surface area contributed by atoms with Crippen LogP contribution in [0.4, 0.5) is 0 Å². The Hall–Kier alpha value is -1.87. The van der Waals surface area contributed by atoms with Crippen molar-refractivity contribution in [2.75, 3.05) is 33.3 Å². The van der Waals surface area contributed by atoms with E-state index in [9.17, 15) is 0 Å². The maximum atomic E-state index is 6.01. The summed E-state index contributed by atoms with van der Waals surface area (Å²) in [7, 11) is 1.76. The van der Waals surface area contributed by atoms with Gasteiger partial charge in [0.15, 0.2) is 5.96 Å². The highest BCUT2D eigenvalue weighted by Crippen LogP contribution is 2.17. The number of benzene rings is 1. The molecule has 0 fully saturated rings. The fraction of sp³-hybridized carbons (Fsp3) is 0.429. The van der Waals surface area contributed by atoms with Crippen molar-refractivity contribution in [3.05, 3.63) is 59.9 Å². The number of rotatable bonds is 10. The Balaban J connectivity index is 0.00000392. The van der Waals surface area contributed by atoms with Crippen molar-refractivity contribution < 1.29 is 4.74 Å². The summed E-state index contributed by atoms with van der Waals surface area (Å²) in [5.74, 6) is 1.65. The molecule has 2 aromatic rings. The minimum atomic E-state index is 0. The summed E-state index contributed by atoms with van der Waals surface area (Å²) in [4.78, 5) is 10.9. The van der Waals surface area contributed by atoms with Crippen LogP contribution in [0.1, 0.15) is 25.1 Å². The smallest absolute Gasteiger partial charge is 0.191 e. The minimum Gasteiger partial charge on any atom is -0.492 e. The van der Waals surface area contributed by atoms with Gasteiger partial charge in [0, 0.05) is 31.9 Å². The standard InChI is InChI=1S/C21H31N5O.HI/c1-4-26(5-2)14-15-27-20-12-7-6-10-18(20)16-24-21(22-3)25-17-19-11-8-9-13-23-19;/h6-13H,4-5,14-17H2,1-3H3,(H2,22,24,25);1H. The molecule has 7 heteroatoms. The summed E-state index contributed by atoms with van der Waals surface area (Å²) >= 11 is 0. The predicted molar refractivity (Wildman–Crippen MR) is 126 cm³/mol. The average Bonchev–Trinajstić information content (AvgIpc) is 2.73. The van der Waals surface area contributed by atoms with Gasteiger partial charge in [0.05, 0.1) is 12.2 Å². The number of nitrogens with one attached hydrogen (secondary N) is 2. The highest BCUT2D eigenvalue weighted by atomic mass is 127. The number of likely N-dealkylation sites (N-methyl/N-ethyl adjacent to an activating group) is 1. The van der Waals surface area contributed by atoms with Crippen LogP contribution in [0.3, 0.4) is 0 Å². The molecule has 6 nitrogen and oxygen atoms in total. The lowest BCUT2D eigenvalue weighted by Crippen LogP contribution is -2.36. The van der Waals surface area contributed by atoms with Gasteiger partial charge >= 0.3 is 0 Å². The van der Waals surface area contributed by atoms with Gasteiger partial charge in [-0.3, -0.25) is 9.98 Å². The second kappa shape index (κ2) is 14.2. The van der Waals surface area contributed by atoms with Gasteiger partial charge < -0.3 is 20.3 Å². The molecule has 2 rings (SSSR count). The van der Waals surface area contributed by atoms with E-state index in [-0.39, 0.29) is 24.0 Å². The molecular weight excluding hydrogens is 465 g/mol. The molecule has 0 aliphatic carbocycles. The van der Waals surface area contributed by atoms with Gasteiger partial charge in [-0.15, -0.1) is 24.0 Å². The zero-order chi connectivity index (χ0) is 19.3. The van der Waals surface area contributed by atoms with Gasteiger partial charge in [0.2, 0.25) is 0 Å². The fourth-order valence-electron chi connectivity index (χ4n) is 2.69. The Morgan fingerprint density at radius 3 is 2.43 bits per heavy atom. The first-order chi connectivity index (χ1) is 13.3. The molecule has 0 radical (unpaired) electrons. The second-order valence-electron chi connectivity index (χ2n) is 6.08. The van der Waals surface area contributed by atoms with E-state index in [4.69, 9.17) is 4.74 Å². The molecule has 0 spiro atoms. The summed E-state index contributed by atoms with van der Waals surface area (Å²) in [5, 5.41) is 6.62. The minimum absolute atomic E-state index is 0. The van der Waals surface area contributed by atoms with Crippen LogP contribution in [-0.4, -0.2) is 49.1 Å². The lowest BCUT2D eigenvalue weighted by molar-refractivity contribution is 0.221. The third-order valence-corrected chi connectivity index (χ3v) is 4.37. The highest BCUT2D eigenvalue weighted by Gasteiger charge is 2.06. The van der Waals surface area contributed by atoms with Crippen LogP contribution >= 0.6 is 24.0 Å². The third-order valence-electron chi connectivity index (χ3n) is 4.37. The van der Waals surface area contributed by atoms with Crippen molar-refractivity contribution in [2.24, 2.45) is 4.99 Å². The number of para-hydroxylation sites is 1. The van der Waals surface area contributed by atoms with Crippen LogP contribution in [0.5, 0.6) is 5.75 Å². The normalized spacial score (nSPS) is 11.1. The highest BCUT2D eigenvalue weighted by molar-refractivity contribution is 14.0. The molecule has 1 heterocycles. The number of pyridine rings is 1. The van der Waals surface area contributed by atoms with Gasteiger partial charge in [-0.25, -0.2) is 0 Å². The van der Waals surface area contributed by atoms with E-state index in [1.165, 1.54) is 0 Å². The Labute approximate surface area is 185 Å². The van der Waals surface area contributed by atoms with Crippen molar-refractivity contribution in [1.82, 2.24) is 20.5 Å². The van der Waals surface area contributed by atoms with Crippen molar-refractivity contribution in [3.63, 3.8) is 0 Å². The maximum absolute atomic E-state index is 6.01. The summed E-state index contributed by atoms with van der Waals surface area (Å²) in [6, 6.07) is 14.0. The number of nitrogens with zero attached hydrogens (tertiary/aromatic N) is 3. The van der Waals surface area contributed by atoms with Gasteiger partial charge in [0.25, 0.3) is 0 Å². The number of aromatic nitrogens is 1. The van der Waals surface area contributed by atoms with E-state index in [1.807, 2.05) is 36.4 Å². The van der Waals surface area contributed by atoms with E-state index >= 15 is 0 Å². The molecule has 154 valence electrons. The fourth-order valence-corrected chi connectivity index (χ4v) is 2.69. The van der Waals surface area contributed by atoms with Crippen LogP contribution in [-0.2, 0) is 13.1 Å². The molecule has 0 aliphatic heterocycles. The molecule has 28 heavy (non-hydrogen) atoms. The zero-order valence-corrected chi connectivity index (χ0v) is 19.3. The van der Waals surface area contributed by atoms with E-state index in [0.717, 1.165) is 42.6 Å². The van der Waals surface area contributed by atoms with Gasteiger partial charge in [-0.2, -0.15) is 0 Å². The van der Waals surface area contributed by atoms with Crippen molar-refractivity contribution in [2.45, 2.75) is 26.9 Å². The number of halogens is 1. The molecule has 1 aromatic heterocycles. The lowest BCUT2D eigenvalue weighted by atomic mass is 10.2. The van der Waals surface area contributed by atoms with Crippen molar-refractivity contribution >= 4 is 29.9 Å². The molecule has 0 saturated carbocycles. The topological polar surface area (TPSA) is 61.8 Å². The Morgan fingerprint density at radius 2 is 1.75 bits per heavy atom. The molecule has 0 amide bonds. The average molecular weight is 497 g/mol. The summed E-state index contributed by atoms with van der Waals surface area (Å²) in [6.45, 7) is 9.32. The van der Waals surface area contributed by atoms with E-state index in [0.29, 0.717) is 19.7 Å². The molecule has 0 saturated heterocycles. The molecule has 1 aromatic carbocycles. The summed E-state index contributed by atoms with van der Waals surface area (Å²) < 4.78 is 6.01. The summed E-state index contributed by atoms with van der Waals surface area (Å²) in [6.07, 6.45) is 1.79. The largest absolute Gasteiger partial charge is 0.492 e. The van der Waals surface area contributed by atoms with Gasteiger partial charge in [-0.05, 0) is 31.3 Å². The summed E-state index contributed by atoms with van der Waals surface area (Å²) in [5.41, 5.74) is 2.08. The van der Waals surface area contributed by atoms with Crippen LogP contribution in [0.2, 0.25) is 0 Å². The van der Waals surface area contributed by atoms with Crippen LogP contribution in [0, 0.1) is 0 Å². The second-order valence-corrected chi connectivity index (χ2v) is 6.08. The first-order valence-electron chi connectivity index (χ1n) is 9.54. The monoisotopic (exact) mass is 497 g/mol. The van der Waals surface area contributed by atoms with Crippen LogP contribution in [0.15, 0.2) is 53.7 Å². The molecule has 2 N–H and O–H groups in total. The first-order valence-corrected chi connectivity index (χ1v) is 9.54. The lowest BCUT2D eigenvalue weighted by Gasteiger charge is -2.19.